The Morgan fingerprint density at radius 3 is 1.44 bits per heavy atom. The van der Waals surface area contributed by atoms with Gasteiger partial charge in [-0.25, -0.2) is 0 Å². The molecule has 0 aromatic heterocycles. The zero-order valence-corrected chi connectivity index (χ0v) is 6.77. The van der Waals surface area contributed by atoms with Crippen LogP contribution in [0.5, 0.6) is 0 Å². The van der Waals surface area contributed by atoms with Crippen LogP contribution in [0, 0.1) is 13.8 Å². The van der Waals surface area contributed by atoms with Gasteiger partial charge in [-0.2, -0.15) is 0 Å². The summed E-state index contributed by atoms with van der Waals surface area (Å²) in [5.74, 6) is 0. The van der Waals surface area contributed by atoms with Gasteiger partial charge < -0.3 is 0 Å². The monoisotopic (exact) mass is 162 g/mol. The largest absolute Gasteiger partial charge is 0.0620 e. The van der Waals surface area contributed by atoms with Crippen molar-refractivity contribution in [3.63, 3.8) is 0 Å². The first-order valence-corrected chi connectivity index (χ1v) is 2.83. The Morgan fingerprint density at radius 1 is 0.889 bits per heavy atom. The van der Waals surface area contributed by atoms with E-state index in [1.54, 1.807) is 0 Å². The maximum atomic E-state index is 2.12. The van der Waals surface area contributed by atoms with Crippen LogP contribution in [0.4, 0.5) is 0 Å². The molecule has 0 heterocycles. The van der Waals surface area contributed by atoms with E-state index in [0.29, 0.717) is 0 Å². The summed E-state index contributed by atoms with van der Waals surface area (Å²) in [6.07, 6.45) is 0. The minimum Gasteiger partial charge on any atom is -0.0620 e. The van der Waals surface area contributed by atoms with Gasteiger partial charge in [0.05, 0.1) is 0 Å². The van der Waals surface area contributed by atoms with E-state index >= 15 is 0 Å². The molecular formula is C8H10Fe. The third-order valence-electron chi connectivity index (χ3n) is 1.43. The van der Waals surface area contributed by atoms with E-state index in [1.165, 1.54) is 11.1 Å². The van der Waals surface area contributed by atoms with Crippen LogP contribution < -0.4 is 0 Å². The predicted octanol–water partition coefficient (Wildman–Crippen LogP) is 2.30. The summed E-state index contributed by atoms with van der Waals surface area (Å²) in [6, 6.07) is 8.36. The molecule has 1 aromatic rings. The van der Waals surface area contributed by atoms with Crippen molar-refractivity contribution in [1.82, 2.24) is 0 Å². The molecular weight excluding hydrogens is 152 g/mol. The molecule has 0 radical (unpaired) electrons. The summed E-state index contributed by atoms with van der Waals surface area (Å²) in [5, 5.41) is 0. The first-order valence-electron chi connectivity index (χ1n) is 2.83. The fourth-order valence-electron chi connectivity index (χ4n) is 0.663. The van der Waals surface area contributed by atoms with Crippen LogP contribution in [0.3, 0.4) is 0 Å². The number of hydrogen-bond donors (Lipinski definition) is 0. The van der Waals surface area contributed by atoms with Crippen LogP contribution in [0.1, 0.15) is 11.1 Å². The maximum Gasteiger partial charge on any atom is 0 e. The molecule has 50 valence electrons. The van der Waals surface area contributed by atoms with Crippen molar-refractivity contribution in [2.75, 3.05) is 0 Å². The maximum absolute atomic E-state index is 2.12. The minimum absolute atomic E-state index is 0. The topological polar surface area (TPSA) is 0 Å². The molecule has 0 saturated carbocycles. The summed E-state index contributed by atoms with van der Waals surface area (Å²) in [5.41, 5.74) is 2.74. The van der Waals surface area contributed by atoms with Gasteiger partial charge in [0.1, 0.15) is 0 Å². The molecule has 0 aliphatic heterocycles. The number of benzene rings is 1. The Balaban J connectivity index is 0.000000640. The van der Waals surface area contributed by atoms with E-state index in [4.69, 9.17) is 0 Å². The smallest absolute Gasteiger partial charge is 0 e. The third kappa shape index (κ3) is 2.21. The summed E-state index contributed by atoms with van der Waals surface area (Å²) in [6.45, 7) is 4.24. The summed E-state index contributed by atoms with van der Waals surface area (Å²) in [4.78, 5) is 0. The Morgan fingerprint density at radius 2 is 1.22 bits per heavy atom. The van der Waals surface area contributed by atoms with Gasteiger partial charge in [0.15, 0.2) is 0 Å². The van der Waals surface area contributed by atoms with Crippen LogP contribution in [0.2, 0.25) is 0 Å². The van der Waals surface area contributed by atoms with E-state index in [0.717, 1.165) is 0 Å². The van der Waals surface area contributed by atoms with Crippen LogP contribution in [-0.2, 0) is 17.1 Å². The summed E-state index contributed by atoms with van der Waals surface area (Å²) in [7, 11) is 0. The van der Waals surface area contributed by atoms with Crippen molar-refractivity contribution in [3.8, 4) is 0 Å². The molecule has 0 nitrogen and oxygen atoms in total. The molecule has 9 heavy (non-hydrogen) atoms. The van der Waals surface area contributed by atoms with E-state index in [-0.39, 0.29) is 17.1 Å². The van der Waals surface area contributed by atoms with E-state index < -0.39 is 0 Å². The zero-order chi connectivity index (χ0) is 5.98. The molecule has 1 rings (SSSR count). The zero-order valence-electron chi connectivity index (χ0n) is 5.66. The van der Waals surface area contributed by atoms with Crippen molar-refractivity contribution in [3.05, 3.63) is 35.4 Å². The molecule has 0 bridgehead atoms. The molecule has 0 N–H and O–H groups in total. The Kier molecular flexibility index (Phi) is 3.60. The molecule has 0 amide bonds. The van der Waals surface area contributed by atoms with Crippen LogP contribution in [-0.4, -0.2) is 0 Å². The molecule has 0 aliphatic carbocycles. The normalized spacial score (nSPS) is 8.22. The second-order valence-electron chi connectivity index (χ2n) is 2.08. The summed E-state index contributed by atoms with van der Waals surface area (Å²) < 4.78 is 0. The van der Waals surface area contributed by atoms with Gasteiger partial charge in [0.2, 0.25) is 0 Å². The molecule has 1 heteroatoms. The second kappa shape index (κ2) is 3.71. The van der Waals surface area contributed by atoms with Crippen LogP contribution >= 0.6 is 0 Å². The standard InChI is InChI=1S/C8H10.Fe/c1-7-5-3-4-6-8(7)2;/h3-6H,1-2H3;. The van der Waals surface area contributed by atoms with Gasteiger partial charge >= 0.3 is 0 Å². The van der Waals surface area contributed by atoms with E-state index in [9.17, 15) is 0 Å². The van der Waals surface area contributed by atoms with Crippen LogP contribution in [0.25, 0.3) is 0 Å². The average Bonchev–Trinajstić information content (AvgIpc) is 1.77. The van der Waals surface area contributed by atoms with Gasteiger partial charge in [-0.3, -0.25) is 0 Å². The second-order valence-corrected chi connectivity index (χ2v) is 2.08. The van der Waals surface area contributed by atoms with Gasteiger partial charge in [-0.05, 0) is 25.0 Å². The molecule has 0 unspecified atom stereocenters. The quantitative estimate of drug-likeness (QED) is 0.513. The first-order chi connectivity index (χ1) is 3.80. The number of aryl methyl sites for hydroxylation is 2. The fraction of sp³-hybridized carbons (Fsp3) is 0.250. The van der Waals surface area contributed by atoms with Crippen molar-refractivity contribution in [2.24, 2.45) is 0 Å². The predicted molar refractivity (Wildman–Crippen MR) is 35.9 cm³/mol. The SMILES string of the molecule is Cc1ccccc1C.[Fe]. The van der Waals surface area contributed by atoms with Gasteiger partial charge in [-0.1, -0.05) is 24.3 Å². The third-order valence-corrected chi connectivity index (χ3v) is 1.43. The van der Waals surface area contributed by atoms with Gasteiger partial charge in [-0.15, -0.1) is 0 Å². The molecule has 0 aliphatic rings. The average molecular weight is 162 g/mol. The van der Waals surface area contributed by atoms with Gasteiger partial charge in [0.25, 0.3) is 0 Å². The van der Waals surface area contributed by atoms with Crippen molar-refractivity contribution in [2.45, 2.75) is 13.8 Å². The molecule has 0 fully saturated rings. The van der Waals surface area contributed by atoms with Crippen molar-refractivity contribution < 1.29 is 17.1 Å². The van der Waals surface area contributed by atoms with Crippen molar-refractivity contribution in [1.29, 1.82) is 0 Å². The summed E-state index contributed by atoms with van der Waals surface area (Å²) >= 11 is 0. The molecule has 0 saturated heterocycles. The Hall–Kier alpha value is -0.261. The van der Waals surface area contributed by atoms with Gasteiger partial charge in [0, 0.05) is 17.1 Å². The molecule has 1 aromatic carbocycles. The Labute approximate surface area is 66.8 Å². The molecule has 0 atom stereocenters. The number of hydrogen-bond acceptors (Lipinski definition) is 0. The minimum atomic E-state index is 0. The first kappa shape index (κ1) is 8.74. The fourth-order valence-corrected chi connectivity index (χ4v) is 0.663. The number of rotatable bonds is 0. The molecule has 0 spiro atoms. The Bertz CT molecular complexity index is 161. The van der Waals surface area contributed by atoms with Crippen molar-refractivity contribution >= 4 is 0 Å². The van der Waals surface area contributed by atoms with E-state index in [1.807, 2.05) is 0 Å². The van der Waals surface area contributed by atoms with E-state index in [2.05, 4.69) is 38.1 Å². The van der Waals surface area contributed by atoms with Crippen LogP contribution in [0.15, 0.2) is 24.3 Å².